The van der Waals surface area contributed by atoms with Gasteiger partial charge >= 0.3 is 0 Å². The number of rotatable bonds is 2. The molecule has 3 rings (SSSR count). The van der Waals surface area contributed by atoms with E-state index in [4.69, 9.17) is 11.6 Å². The highest BCUT2D eigenvalue weighted by atomic mass is 35.5. The standard InChI is InChI=1S/C12H17ClN2S/c13-10-4-11(16-8-10)7-15-3-1-2-9-5-14-6-12(9)15/h4,8-9,12,14H,1-3,5-7H2. The SMILES string of the molecule is Clc1csc(CN2CCCC3CNCC32)c1. The van der Waals surface area contributed by atoms with Gasteiger partial charge in [-0.05, 0) is 37.9 Å². The van der Waals surface area contributed by atoms with Crippen molar-refractivity contribution in [2.75, 3.05) is 19.6 Å². The molecule has 1 aromatic rings. The summed E-state index contributed by atoms with van der Waals surface area (Å²) in [6.45, 7) is 4.72. The molecule has 0 radical (unpaired) electrons. The molecule has 4 heteroatoms. The molecule has 2 aliphatic heterocycles. The van der Waals surface area contributed by atoms with E-state index in [-0.39, 0.29) is 0 Å². The molecule has 0 bridgehead atoms. The number of halogens is 1. The molecule has 3 heterocycles. The maximum Gasteiger partial charge on any atom is 0.0516 e. The predicted octanol–water partition coefficient (Wildman–Crippen LogP) is 2.59. The quantitative estimate of drug-likeness (QED) is 0.875. The third-order valence-electron chi connectivity index (χ3n) is 3.77. The fraction of sp³-hybridized carbons (Fsp3) is 0.667. The van der Waals surface area contributed by atoms with E-state index in [0.717, 1.165) is 23.5 Å². The van der Waals surface area contributed by atoms with Gasteiger partial charge in [0.05, 0.1) is 5.02 Å². The van der Waals surface area contributed by atoms with Gasteiger partial charge in [-0.25, -0.2) is 0 Å². The summed E-state index contributed by atoms with van der Waals surface area (Å²) in [5.74, 6) is 0.879. The zero-order valence-corrected chi connectivity index (χ0v) is 10.9. The van der Waals surface area contributed by atoms with Gasteiger partial charge in [-0.1, -0.05) is 11.6 Å². The number of nitrogens with zero attached hydrogens (tertiary/aromatic N) is 1. The average molecular weight is 257 g/mol. The Balaban J connectivity index is 1.69. The molecule has 88 valence electrons. The summed E-state index contributed by atoms with van der Waals surface area (Å²) < 4.78 is 0. The van der Waals surface area contributed by atoms with Crippen molar-refractivity contribution < 1.29 is 0 Å². The monoisotopic (exact) mass is 256 g/mol. The molecule has 2 aliphatic rings. The Kier molecular flexibility index (Phi) is 3.20. The van der Waals surface area contributed by atoms with Crippen LogP contribution in [0.5, 0.6) is 0 Å². The molecule has 2 fully saturated rings. The summed E-state index contributed by atoms with van der Waals surface area (Å²) in [6, 6.07) is 2.87. The third kappa shape index (κ3) is 2.14. The van der Waals surface area contributed by atoms with Crippen LogP contribution in [0.3, 0.4) is 0 Å². The Morgan fingerprint density at radius 1 is 1.50 bits per heavy atom. The summed E-state index contributed by atoms with van der Waals surface area (Å²) in [5, 5.41) is 6.44. The van der Waals surface area contributed by atoms with Crippen LogP contribution in [0, 0.1) is 5.92 Å². The lowest BCUT2D eigenvalue weighted by Crippen LogP contribution is -2.44. The highest BCUT2D eigenvalue weighted by molar-refractivity contribution is 7.10. The fourth-order valence-electron chi connectivity index (χ4n) is 3.00. The van der Waals surface area contributed by atoms with Gasteiger partial charge in [0, 0.05) is 29.4 Å². The molecular weight excluding hydrogens is 240 g/mol. The van der Waals surface area contributed by atoms with E-state index in [1.165, 1.54) is 37.4 Å². The van der Waals surface area contributed by atoms with Crippen LogP contribution in [0.15, 0.2) is 11.4 Å². The minimum Gasteiger partial charge on any atom is -0.315 e. The average Bonchev–Trinajstić information content (AvgIpc) is 2.87. The Labute approximate surface area is 106 Å². The first-order chi connectivity index (χ1) is 7.83. The van der Waals surface area contributed by atoms with Crippen molar-refractivity contribution in [2.24, 2.45) is 5.92 Å². The van der Waals surface area contributed by atoms with Crippen LogP contribution in [0.25, 0.3) is 0 Å². The van der Waals surface area contributed by atoms with E-state index in [2.05, 4.69) is 16.3 Å². The fourth-order valence-corrected chi connectivity index (χ4v) is 4.09. The largest absolute Gasteiger partial charge is 0.315 e. The number of thiophene rings is 1. The first-order valence-corrected chi connectivity index (χ1v) is 7.26. The Morgan fingerprint density at radius 3 is 3.25 bits per heavy atom. The number of hydrogen-bond donors (Lipinski definition) is 1. The Bertz CT molecular complexity index is 366. The maximum absolute atomic E-state index is 5.97. The van der Waals surface area contributed by atoms with E-state index >= 15 is 0 Å². The van der Waals surface area contributed by atoms with E-state index < -0.39 is 0 Å². The van der Waals surface area contributed by atoms with E-state index in [0.29, 0.717) is 0 Å². The summed E-state index contributed by atoms with van der Waals surface area (Å²) in [5.41, 5.74) is 0. The van der Waals surface area contributed by atoms with Crippen molar-refractivity contribution in [2.45, 2.75) is 25.4 Å². The molecule has 0 saturated carbocycles. The normalized spacial score (nSPS) is 30.6. The van der Waals surface area contributed by atoms with Crippen LogP contribution < -0.4 is 5.32 Å². The van der Waals surface area contributed by atoms with Gasteiger partial charge in [0.15, 0.2) is 0 Å². The van der Waals surface area contributed by atoms with Crippen molar-refractivity contribution >= 4 is 22.9 Å². The van der Waals surface area contributed by atoms with Gasteiger partial charge in [0.1, 0.15) is 0 Å². The first-order valence-electron chi connectivity index (χ1n) is 6.00. The second-order valence-corrected chi connectivity index (χ2v) is 6.26. The maximum atomic E-state index is 5.97. The second-order valence-electron chi connectivity index (χ2n) is 4.83. The summed E-state index contributed by atoms with van der Waals surface area (Å²) in [4.78, 5) is 4.04. The van der Waals surface area contributed by atoms with Gasteiger partial charge in [-0.3, -0.25) is 4.90 Å². The molecule has 0 spiro atoms. The number of likely N-dealkylation sites (tertiary alicyclic amines) is 1. The van der Waals surface area contributed by atoms with Gasteiger partial charge in [-0.15, -0.1) is 11.3 Å². The molecule has 1 N–H and O–H groups in total. The molecule has 16 heavy (non-hydrogen) atoms. The molecule has 2 atom stereocenters. The summed E-state index contributed by atoms with van der Waals surface area (Å²) >= 11 is 7.75. The van der Waals surface area contributed by atoms with E-state index in [1.807, 2.05) is 5.38 Å². The van der Waals surface area contributed by atoms with Crippen LogP contribution in [0.1, 0.15) is 17.7 Å². The predicted molar refractivity (Wildman–Crippen MR) is 69.1 cm³/mol. The van der Waals surface area contributed by atoms with Crippen molar-refractivity contribution in [3.8, 4) is 0 Å². The van der Waals surface area contributed by atoms with Gasteiger partial charge < -0.3 is 5.32 Å². The van der Waals surface area contributed by atoms with Crippen molar-refractivity contribution in [1.82, 2.24) is 10.2 Å². The van der Waals surface area contributed by atoms with Crippen LogP contribution in [-0.4, -0.2) is 30.6 Å². The van der Waals surface area contributed by atoms with Gasteiger partial charge in [0.25, 0.3) is 0 Å². The first kappa shape index (κ1) is 11.0. The van der Waals surface area contributed by atoms with Crippen molar-refractivity contribution in [3.05, 3.63) is 21.3 Å². The third-order valence-corrected chi connectivity index (χ3v) is 5.04. The van der Waals surface area contributed by atoms with Crippen LogP contribution in [0.4, 0.5) is 0 Å². The zero-order valence-electron chi connectivity index (χ0n) is 9.29. The number of fused-ring (bicyclic) bond motifs is 1. The minimum atomic E-state index is 0.759. The number of hydrogen-bond acceptors (Lipinski definition) is 3. The zero-order chi connectivity index (χ0) is 11.0. The number of piperidine rings is 1. The molecule has 2 unspecified atom stereocenters. The molecule has 0 aromatic carbocycles. The molecule has 0 aliphatic carbocycles. The van der Waals surface area contributed by atoms with Crippen LogP contribution in [-0.2, 0) is 6.54 Å². The number of nitrogens with one attached hydrogen (secondary N) is 1. The highest BCUT2D eigenvalue weighted by Gasteiger charge is 2.34. The van der Waals surface area contributed by atoms with Crippen molar-refractivity contribution in [3.63, 3.8) is 0 Å². The van der Waals surface area contributed by atoms with E-state index in [9.17, 15) is 0 Å². The lowest BCUT2D eigenvalue weighted by atomic mass is 9.92. The highest BCUT2D eigenvalue weighted by Crippen LogP contribution is 2.29. The molecule has 1 aromatic heterocycles. The Hall–Kier alpha value is -0.0900. The van der Waals surface area contributed by atoms with Crippen LogP contribution >= 0.6 is 22.9 Å². The molecule has 2 nitrogen and oxygen atoms in total. The summed E-state index contributed by atoms with van der Waals surface area (Å²) in [6.07, 6.45) is 2.75. The van der Waals surface area contributed by atoms with E-state index in [1.54, 1.807) is 11.3 Å². The molecule has 0 amide bonds. The lowest BCUT2D eigenvalue weighted by Gasteiger charge is -2.36. The molecule has 2 saturated heterocycles. The van der Waals surface area contributed by atoms with Crippen LogP contribution in [0.2, 0.25) is 5.02 Å². The molecular formula is C12H17ClN2S. The van der Waals surface area contributed by atoms with Gasteiger partial charge in [-0.2, -0.15) is 0 Å². The lowest BCUT2D eigenvalue weighted by molar-refractivity contribution is 0.119. The van der Waals surface area contributed by atoms with Gasteiger partial charge in [0.2, 0.25) is 0 Å². The van der Waals surface area contributed by atoms with Crippen molar-refractivity contribution in [1.29, 1.82) is 0 Å². The Morgan fingerprint density at radius 2 is 2.44 bits per heavy atom. The second kappa shape index (κ2) is 4.65. The summed E-state index contributed by atoms with van der Waals surface area (Å²) in [7, 11) is 0. The topological polar surface area (TPSA) is 15.3 Å². The minimum absolute atomic E-state index is 0.759. The smallest absolute Gasteiger partial charge is 0.0516 e.